The van der Waals surface area contributed by atoms with Gasteiger partial charge in [0, 0.05) is 23.2 Å². The second kappa shape index (κ2) is 11.3. The number of nitrogens with one attached hydrogen (secondary N) is 2. The average Bonchev–Trinajstić information content (AvgIpc) is 2.84. The Balaban J connectivity index is 1.49. The highest BCUT2D eigenvalue weighted by molar-refractivity contribution is 7.90. The van der Waals surface area contributed by atoms with Gasteiger partial charge < -0.3 is 20.1 Å². The Hall–Kier alpha value is -4.18. The van der Waals surface area contributed by atoms with Crippen LogP contribution < -0.4 is 15.4 Å². The van der Waals surface area contributed by atoms with E-state index in [2.05, 4.69) is 10.6 Å². The van der Waals surface area contributed by atoms with E-state index in [0.29, 0.717) is 29.3 Å². The fourth-order valence-electron chi connectivity index (χ4n) is 2.96. The maximum absolute atomic E-state index is 12.4. The number of carbonyl (C=O) groups is 3. The smallest absolute Gasteiger partial charge is 0.338 e. The monoisotopic (exact) mass is 496 g/mol. The van der Waals surface area contributed by atoms with Gasteiger partial charge in [0.15, 0.2) is 16.4 Å². The van der Waals surface area contributed by atoms with Gasteiger partial charge in [0.25, 0.3) is 11.8 Å². The first kappa shape index (κ1) is 25.4. The second-order valence-corrected chi connectivity index (χ2v) is 9.43. The molecule has 0 saturated carbocycles. The van der Waals surface area contributed by atoms with Crippen LogP contribution in [0, 0.1) is 0 Å². The van der Waals surface area contributed by atoms with Gasteiger partial charge in [-0.15, -0.1) is 0 Å². The highest BCUT2D eigenvalue weighted by Crippen LogP contribution is 2.17. The number of ether oxygens (including phenoxy) is 2. The summed E-state index contributed by atoms with van der Waals surface area (Å²) >= 11 is 0. The largest absolute Gasteiger partial charge is 0.494 e. The first-order valence-corrected chi connectivity index (χ1v) is 12.5. The third-order valence-corrected chi connectivity index (χ3v) is 5.84. The van der Waals surface area contributed by atoms with Gasteiger partial charge in [0.2, 0.25) is 0 Å². The summed E-state index contributed by atoms with van der Waals surface area (Å²) < 4.78 is 33.3. The number of esters is 1. The van der Waals surface area contributed by atoms with Crippen molar-refractivity contribution in [2.75, 3.05) is 30.1 Å². The summed E-state index contributed by atoms with van der Waals surface area (Å²) in [5, 5.41) is 5.35. The quantitative estimate of drug-likeness (QED) is 0.434. The van der Waals surface area contributed by atoms with Gasteiger partial charge in [-0.1, -0.05) is 0 Å². The van der Waals surface area contributed by atoms with Crippen LogP contribution in [0.1, 0.15) is 27.6 Å². The Morgan fingerprint density at radius 1 is 0.771 bits per heavy atom. The molecule has 3 rings (SSSR count). The van der Waals surface area contributed by atoms with Crippen LogP contribution in [-0.4, -0.2) is 45.7 Å². The van der Waals surface area contributed by atoms with Crippen molar-refractivity contribution in [2.45, 2.75) is 11.8 Å². The van der Waals surface area contributed by atoms with E-state index in [-0.39, 0.29) is 16.4 Å². The molecule has 0 saturated heterocycles. The fourth-order valence-corrected chi connectivity index (χ4v) is 3.59. The van der Waals surface area contributed by atoms with Crippen molar-refractivity contribution in [3.8, 4) is 5.75 Å². The number of carbonyl (C=O) groups excluding carboxylic acids is 3. The molecule has 0 aliphatic rings. The van der Waals surface area contributed by atoms with E-state index in [1.807, 2.05) is 6.92 Å². The number of amides is 2. The maximum atomic E-state index is 12.4. The molecule has 2 N–H and O–H groups in total. The van der Waals surface area contributed by atoms with Gasteiger partial charge >= 0.3 is 5.97 Å². The van der Waals surface area contributed by atoms with E-state index in [1.165, 1.54) is 24.3 Å². The first-order chi connectivity index (χ1) is 16.7. The highest BCUT2D eigenvalue weighted by Gasteiger charge is 2.13. The molecule has 0 aromatic heterocycles. The lowest BCUT2D eigenvalue weighted by Crippen LogP contribution is -2.21. The molecule has 35 heavy (non-hydrogen) atoms. The minimum absolute atomic E-state index is 0.0726. The third-order valence-electron chi connectivity index (χ3n) is 4.71. The molecule has 0 unspecified atom stereocenters. The molecule has 182 valence electrons. The summed E-state index contributed by atoms with van der Waals surface area (Å²) in [7, 11) is -3.38. The Labute approximate surface area is 203 Å². The number of anilines is 2. The number of hydrogen-bond donors (Lipinski definition) is 2. The molecule has 0 aliphatic carbocycles. The van der Waals surface area contributed by atoms with Crippen LogP contribution in [0.4, 0.5) is 11.4 Å². The molecule has 0 bridgehead atoms. The second-order valence-electron chi connectivity index (χ2n) is 7.41. The predicted molar refractivity (Wildman–Crippen MR) is 130 cm³/mol. The zero-order chi connectivity index (χ0) is 25.4. The van der Waals surface area contributed by atoms with Gasteiger partial charge in [-0.05, 0) is 79.7 Å². The minimum atomic E-state index is -3.38. The lowest BCUT2D eigenvalue weighted by atomic mass is 10.2. The van der Waals surface area contributed by atoms with E-state index in [1.54, 1.807) is 48.5 Å². The van der Waals surface area contributed by atoms with E-state index >= 15 is 0 Å². The summed E-state index contributed by atoms with van der Waals surface area (Å²) in [6.07, 6.45) is 1.06. The molecule has 0 radical (unpaired) electrons. The van der Waals surface area contributed by atoms with E-state index in [0.717, 1.165) is 6.26 Å². The predicted octanol–water partition coefficient (Wildman–Crippen LogP) is 3.54. The Morgan fingerprint density at radius 2 is 1.31 bits per heavy atom. The van der Waals surface area contributed by atoms with Crippen molar-refractivity contribution in [3.05, 3.63) is 83.9 Å². The molecule has 2 amide bonds. The summed E-state index contributed by atoms with van der Waals surface area (Å²) in [5.74, 6) is -0.941. The Kier molecular flexibility index (Phi) is 8.21. The van der Waals surface area contributed by atoms with Crippen molar-refractivity contribution in [1.82, 2.24) is 0 Å². The van der Waals surface area contributed by atoms with Gasteiger partial charge in [-0.3, -0.25) is 9.59 Å². The summed E-state index contributed by atoms with van der Waals surface area (Å²) in [4.78, 5) is 36.7. The zero-order valence-corrected chi connectivity index (χ0v) is 19.9. The third kappa shape index (κ3) is 7.41. The molecule has 0 aliphatic heterocycles. The lowest BCUT2D eigenvalue weighted by Gasteiger charge is -2.09. The lowest BCUT2D eigenvalue weighted by molar-refractivity contribution is -0.119. The van der Waals surface area contributed by atoms with Crippen LogP contribution in [0.25, 0.3) is 0 Å². The number of rotatable bonds is 9. The van der Waals surface area contributed by atoms with Gasteiger partial charge in [0.05, 0.1) is 17.1 Å². The molecule has 3 aromatic rings. The normalized spacial score (nSPS) is 10.8. The van der Waals surface area contributed by atoms with Crippen LogP contribution >= 0.6 is 0 Å². The van der Waals surface area contributed by atoms with Gasteiger partial charge in [-0.25, -0.2) is 13.2 Å². The summed E-state index contributed by atoms with van der Waals surface area (Å²) in [6, 6.07) is 18.4. The molecule has 3 aromatic carbocycles. The van der Waals surface area contributed by atoms with Crippen molar-refractivity contribution in [1.29, 1.82) is 0 Å². The highest BCUT2D eigenvalue weighted by atomic mass is 32.2. The van der Waals surface area contributed by atoms with Crippen LogP contribution in [0.15, 0.2) is 77.7 Å². The van der Waals surface area contributed by atoms with Crippen LogP contribution in [0.2, 0.25) is 0 Å². The number of benzene rings is 3. The van der Waals surface area contributed by atoms with Crippen molar-refractivity contribution < 1.29 is 32.3 Å². The molecule has 0 fully saturated rings. The Bertz CT molecular complexity index is 1300. The SMILES string of the molecule is CCOc1ccc(NC(=O)c2ccc(NC(=O)COC(=O)c3ccc(S(C)(=O)=O)cc3)cc2)cc1. The molecule has 0 atom stereocenters. The first-order valence-electron chi connectivity index (χ1n) is 10.6. The van der Waals surface area contributed by atoms with E-state index in [4.69, 9.17) is 9.47 Å². The van der Waals surface area contributed by atoms with Crippen LogP contribution in [0.5, 0.6) is 5.75 Å². The Morgan fingerprint density at radius 3 is 1.89 bits per heavy atom. The number of sulfone groups is 1. The topological polar surface area (TPSA) is 128 Å². The standard InChI is InChI=1S/C25H24N2O7S/c1-3-33-21-12-10-20(11-13-21)27-24(29)17-4-8-19(9-5-17)26-23(28)16-34-25(30)18-6-14-22(15-7-18)35(2,31)32/h4-15H,3,16H2,1-2H3,(H,26,28)(H,27,29). The molecular formula is C25H24N2O7S. The molecule has 9 nitrogen and oxygen atoms in total. The number of hydrogen-bond acceptors (Lipinski definition) is 7. The van der Waals surface area contributed by atoms with Gasteiger partial charge in [-0.2, -0.15) is 0 Å². The minimum Gasteiger partial charge on any atom is -0.494 e. The molecule has 10 heteroatoms. The molecule has 0 spiro atoms. The fraction of sp³-hybridized carbons (Fsp3) is 0.160. The summed E-state index contributed by atoms with van der Waals surface area (Å²) in [6.45, 7) is 1.91. The maximum Gasteiger partial charge on any atom is 0.338 e. The van der Waals surface area contributed by atoms with E-state index < -0.39 is 28.3 Å². The van der Waals surface area contributed by atoms with Crippen molar-refractivity contribution >= 4 is 39.0 Å². The van der Waals surface area contributed by atoms with Crippen molar-refractivity contribution in [3.63, 3.8) is 0 Å². The summed E-state index contributed by atoms with van der Waals surface area (Å²) in [5.41, 5.74) is 1.54. The van der Waals surface area contributed by atoms with Crippen LogP contribution in [-0.2, 0) is 19.4 Å². The van der Waals surface area contributed by atoms with Crippen LogP contribution in [0.3, 0.4) is 0 Å². The van der Waals surface area contributed by atoms with Crippen molar-refractivity contribution in [2.24, 2.45) is 0 Å². The molecular weight excluding hydrogens is 472 g/mol. The zero-order valence-electron chi connectivity index (χ0n) is 19.1. The average molecular weight is 497 g/mol. The van der Waals surface area contributed by atoms with Gasteiger partial charge in [0.1, 0.15) is 5.75 Å². The molecule has 0 heterocycles. The van der Waals surface area contributed by atoms with E-state index in [9.17, 15) is 22.8 Å².